The molecule has 5 aliphatic rings. The molecule has 3 aliphatic heterocycles. The number of fused-ring (bicyclic) bond motifs is 1. The number of nitrogens with one attached hydrogen (secondary N) is 4. The third kappa shape index (κ3) is 21.2. The molecule has 0 radical (unpaired) electrons. The van der Waals surface area contributed by atoms with Crippen LogP contribution in [0, 0.1) is 30.1 Å². The summed E-state index contributed by atoms with van der Waals surface area (Å²) in [5.74, 6) is 2.92. The van der Waals surface area contributed by atoms with E-state index in [0.717, 1.165) is 80.7 Å². The lowest BCUT2D eigenvalue weighted by atomic mass is 9.87. The third-order valence-electron chi connectivity index (χ3n) is 11.9. The number of aldehydes is 1. The molecule has 2 amide bonds. The van der Waals surface area contributed by atoms with Gasteiger partial charge in [-0.3, -0.25) is 20.0 Å². The maximum absolute atomic E-state index is 11.6. The fourth-order valence-corrected chi connectivity index (χ4v) is 7.40. The van der Waals surface area contributed by atoms with Crippen LogP contribution < -0.4 is 21.5 Å². The number of benzene rings is 2. The van der Waals surface area contributed by atoms with Crippen LogP contribution in [0.15, 0.2) is 60.7 Å². The lowest BCUT2D eigenvalue weighted by molar-refractivity contribution is -0.126. The topological polar surface area (TPSA) is 135 Å². The van der Waals surface area contributed by atoms with Crippen molar-refractivity contribution >= 4 is 36.8 Å². The van der Waals surface area contributed by atoms with E-state index in [2.05, 4.69) is 135 Å². The molecule has 2 saturated carbocycles. The lowest BCUT2D eigenvalue weighted by Crippen LogP contribution is -2.47. The molecule has 2 aliphatic carbocycles. The van der Waals surface area contributed by atoms with Crippen molar-refractivity contribution in [1.29, 1.82) is 0 Å². The van der Waals surface area contributed by atoms with Gasteiger partial charge < -0.3 is 29.9 Å². The van der Waals surface area contributed by atoms with Crippen LogP contribution in [0.25, 0.3) is 6.08 Å². The van der Waals surface area contributed by atoms with E-state index in [9.17, 15) is 14.4 Å². The second kappa shape index (κ2) is 29.9. The van der Waals surface area contributed by atoms with Crippen molar-refractivity contribution in [3.05, 3.63) is 82.9 Å². The number of rotatable bonds is 11. The molecule has 12 heteroatoms. The maximum atomic E-state index is 11.6. The van der Waals surface area contributed by atoms with Gasteiger partial charge in [-0.25, -0.2) is 10.2 Å². The molecule has 4 atom stereocenters. The molecule has 7 rings (SSSR count). The highest BCUT2D eigenvalue weighted by molar-refractivity contribution is 5.81. The van der Waals surface area contributed by atoms with Crippen LogP contribution in [0.3, 0.4) is 0 Å². The SMILES string of the molecule is C=O.CC=CC1CC1CC.CCC=Cc1cccc(N[C@H](C=O)C(C)(C)C)c1.CN1CCCC1C(=O)NNCC1CC1.CN1CCNCC1.COC(=O)N1Cc2cccc(C)c2C1. The third-order valence-corrected chi connectivity index (χ3v) is 11.9. The van der Waals surface area contributed by atoms with Crippen molar-refractivity contribution in [3.8, 4) is 0 Å². The number of allylic oxidation sites excluding steroid dienone is 3. The summed E-state index contributed by atoms with van der Waals surface area (Å²) >= 11 is 0. The number of ether oxygens (including phenoxy) is 1. The summed E-state index contributed by atoms with van der Waals surface area (Å²) in [4.78, 5) is 48.2. The van der Waals surface area contributed by atoms with Crippen LogP contribution in [-0.4, -0.2) is 112 Å². The van der Waals surface area contributed by atoms with Crippen molar-refractivity contribution in [2.24, 2.45) is 23.2 Å². The first-order chi connectivity index (χ1) is 30.2. The molecule has 2 aromatic carbocycles. The average Bonchev–Trinajstić information content (AvgIpc) is 4.17. The average molecular weight is 874 g/mol. The number of likely N-dealkylation sites (tertiary alicyclic amines) is 1. The monoisotopic (exact) mass is 874 g/mol. The van der Waals surface area contributed by atoms with Gasteiger partial charge in [-0.05, 0) is 131 Å². The highest BCUT2D eigenvalue weighted by Crippen LogP contribution is 2.41. The largest absolute Gasteiger partial charge is 0.453 e. The van der Waals surface area contributed by atoms with Gasteiger partial charge in [-0.1, -0.05) is 95.7 Å². The molecule has 2 aromatic rings. The van der Waals surface area contributed by atoms with E-state index in [1.165, 1.54) is 62.6 Å². The quantitative estimate of drug-likeness (QED) is 0.0994. The maximum Gasteiger partial charge on any atom is 0.410 e. The predicted molar refractivity (Wildman–Crippen MR) is 260 cm³/mol. The molecule has 3 unspecified atom stereocenters. The lowest BCUT2D eigenvalue weighted by Gasteiger charge is -2.27. The minimum absolute atomic E-state index is 0.0849. The molecule has 0 spiro atoms. The van der Waals surface area contributed by atoms with Gasteiger partial charge in [-0.2, -0.15) is 0 Å². The number of nitrogens with zero attached hydrogens (tertiary/aromatic N) is 3. The van der Waals surface area contributed by atoms with Crippen molar-refractivity contribution in [2.75, 3.05) is 65.8 Å². The van der Waals surface area contributed by atoms with Crippen LogP contribution >= 0.6 is 0 Å². The van der Waals surface area contributed by atoms with Gasteiger partial charge in [0, 0.05) is 51.5 Å². The van der Waals surface area contributed by atoms with E-state index in [-0.39, 0.29) is 29.5 Å². The van der Waals surface area contributed by atoms with Gasteiger partial charge in [0.1, 0.15) is 13.1 Å². The minimum atomic E-state index is -0.249. The zero-order chi connectivity index (χ0) is 46.8. The number of amides is 2. The summed E-state index contributed by atoms with van der Waals surface area (Å²) in [7, 11) is 5.58. The number of anilines is 1. The number of hydrazine groups is 1. The molecule has 0 bridgehead atoms. The fourth-order valence-electron chi connectivity index (χ4n) is 7.40. The zero-order valence-corrected chi connectivity index (χ0v) is 40.5. The molecule has 3 heterocycles. The fraction of sp³-hybridized carbons (Fsp3) is 0.608. The highest BCUT2D eigenvalue weighted by Gasteiger charge is 2.32. The van der Waals surface area contributed by atoms with Crippen LogP contribution in [0.4, 0.5) is 10.5 Å². The van der Waals surface area contributed by atoms with E-state index in [0.29, 0.717) is 13.1 Å². The second-order valence-electron chi connectivity index (χ2n) is 18.2. The van der Waals surface area contributed by atoms with E-state index >= 15 is 0 Å². The molecule has 352 valence electrons. The number of methoxy groups -OCH3 is 1. The molecule has 63 heavy (non-hydrogen) atoms. The Morgan fingerprint density at radius 3 is 2.21 bits per heavy atom. The van der Waals surface area contributed by atoms with Gasteiger partial charge in [-0.15, -0.1) is 0 Å². The summed E-state index contributed by atoms with van der Waals surface area (Å²) < 4.78 is 4.69. The number of aryl methyl sites for hydroxylation is 1. The van der Waals surface area contributed by atoms with Crippen molar-refractivity contribution in [3.63, 3.8) is 0 Å². The molecular formula is C51H83N7O5. The van der Waals surface area contributed by atoms with Crippen molar-refractivity contribution < 1.29 is 23.9 Å². The minimum Gasteiger partial charge on any atom is -0.453 e. The molecule has 2 saturated heterocycles. The van der Waals surface area contributed by atoms with Crippen LogP contribution in [0.1, 0.15) is 109 Å². The summed E-state index contributed by atoms with van der Waals surface area (Å²) in [5.41, 5.74) is 11.6. The number of carbonyl (C=O) groups is 4. The Kier molecular flexibility index (Phi) is 26.0. The highest BCUT2D eigenvalue weighted by atomic mass is 16.5. The number of likely N-dealkylation sites (N-methyl/N-ethyl adjacent to an activating group) is 2. The van der Waals surface area contributed by atoms with Crippen LogP contribution in [-0.2, 0) is 32.2 Å². The van der Waals surface area contributed by atoms with Crippen molar-refractivity contribution in [2.45, 2.75) is 119 Å². The Hall–Kier alpha value is -4.36. The van der Waals surface area contributed by atoms with Gasteiger partial charge in [0.25, 0.3) is 5.91 Å². The Morgan fingerprint density at radius 1 is 1.00 bits per heavy atom. The summed E-state index contributed by atoms with van der Waals surface area (Å²) in [6.45, 7) is 24.8. The van der Waals surface area contributed by atoms with Gasteiger partial charge in [0.2, 0.25) is 0 Å². The predicted octanol–water partition coefficient (Wildman–Crippen LogP) is 8.27. The number of carbonyl (C=O) groups excluding carboxylic acids is 4. The first-order valence-electron chi connectivity index (χ1n) is 23.2. The first kappa shape index (κ1) is 54.8. The summed E-state index contributed by atoms with van der Waals surface area (Å²) in [6, 6.07) is 14.2. The molecule has 4 N–H and O–H groups in total. The molecule has 12 nitrogen and oxygen atoms in total. The smallest absolute Gasteiger partial charge is 0.410 e. The van der Waals surface area contributed by atoms with Gasteiger partial charge >= 0.3 is 6.09 Å². The van der Waals surface area contributed by atoms with E-state index in [1.54, 1.807) is 4.90 Å². The Labute approximate surface area is 381 Å². The zero-order valence-electron chi connectivity index (χ0n) is 40.5. The van der Waals surface area contributed by atoms with Crippen molar-refractivity contribution in [1.82, 2.24) is 30.9 Å². The number of piperazine rings is 1. The Morgan fingerprint density at radius 2 is 1.70 bits per heavy atom. The number of hydrogen-bond donors (Lipinski definition) is 4. The van der Waals surface area contributed by atoms with Gasteiger partial charge in [0.05, 0.1) is 19.2 Å². The normalized spacial score (nSPS) is 20.7. The number of hydrogen-bond acceptors (Lipinski definition) is 10. The molecular weight excluding hydrogens is 791 g/mol. The summed E-state index contributed by atoms with van der Waals surface area (Å²) in [6.07, 6.45) is 18.0. The van der Waals surface area contributed by atoms with E-state index in [4.69, 9.17) is 9.53 Å². The molecule has 0 aromatic heterocycles. The molecule has 4 fully saturated rings. The summed E-state index contributed by atoms with van der Waals surface area (Å²) in [5, 5.41) is 6.56. The van der Waals surface area contributed by atoms with Gasteiger partial charge in [0.15, 0.2) is 0 Å². The van der Waals surface area contributed by atoms with Crippen LogP contribution in [0.5, 0.6) is 0 Å². The Balaban J connectivity index is 0.000000277. The van der Waals surface area contributed by atoms with E-state index in [1.807, 2.05) is 32.0 Å². The first-order valence-corrected chi connectivity index (χ1v) is 23.2. The van der Waals surface area contributed by atoms with Crippen LogP contribution in [0.2, 0.25) is 0 Å². The second-order valence-corrected chi connectivity index (χ2v) is 18.2. The Bertz CT molecular complexity index is 1680. The standard InChI is InChI=1S/C16H23NO.C11H13NO2.C10H19N3O.C8H14.C5H12N2.CH2O/c1-5-6-8-13-9-7-10-14(11-13)17-15(12-18)16(2,3)4;1-8-4-3-5-9-6-12(7-10(8)9)11(13)14-2;1-13-6-2-3-9(13)10(14)12-11-7-8-4-5-8;1-3-5-8-6-7(8)4-2;1-7-4-2-6-3-5-7;1-2/h6-12,15,17H,5H2,1-4H3;3-5H,6-7H2,1-2H3;8-9,11H,2-7H2,1H3,(H,12,14);3,5,7-8H,4,6H2,1-2H3;6H,2-5H2,1H3;1H2/t15-;;;;;/m1...../s1. The van der Waals surface area contributed by atoms with E-state index < -0.39 is 0 Å².